The van der Waals surface area contributed by atoms with Crippen LogP contribution in [0.4, 0.5) is 0 Å². The number of carbonyl (C=O) groups is 1. The molecule has 1 aliphatic carbocycles. The Bertz CT molecular complexity index is 304. The van der Waals surface area contributed by atoms with Crippen molar-refractivity contribution in [2.45, 2.75) is 44.1 Å². The van der Waals surface area contributed by atoms with Crippen LogP contribution in [0.2, 0.25) is 0 Å². The first-order chi connectivity index (χ1) is 7.67. The summed E-state index contributed by atoms with van der Waals surface area (Å²) in [7, 11) is 1.36. The van der Waals surface area contributed by atoms with Crippen LogP contribution in [0.5, 0.6) is 0 Å². The van der Waals surface area contributed by atoms with Gasteiger partial charge in [-0.15, -0.1) is 0 Å². The second-order valence-electron chi connectivity index (χ2n) is 4.64. The van der Waals surface area contributed by atoms with Crippen LogP contribution >= 0.6 is 0 Å². The van der Waals surface area contributed by atoms with E-state index in [1.807, 2.05) is 0 Å². The molecule has 1 aliphatic heterocycles. The summed E-state index contributed by atoms with van der Waals surface area (Å²) < 4.78 is 10.4. The molecule has 4 heteroatoms. The van der Waals surface area contributed by atoms with Crippen molar-refractivity contribution < 1.29 is 14.3 Å². The second kappa shape index (κ2) is 4.45. The maximum absolute atomic E-state index is 11.3. The zero-order valence-electron chi connectivity index (χ0n) is 9.75. The molecular formula is C12H19NO3. The third-order valence-corrected chi connectivity index (χ3v) is 3.74. The van der Waals surface area contributed by atoms with Gasteiger partial charge in [-0.05, 0) is 44.1 Å². The number of rotatable bonds is 1. The molecule has 1 saturated carbocycles. The highest BCUT2D eigenvalue weighted by Gasteiger charge is 2.38. The molecule has 1 saturated heterocycles. The Balaban J connectivity index is 2.01. The van der Waals surface area contributed by atoms with E-state index in [4.69, 9.17) is 10.5 Å². The molecule has 1 spiro atoms. The summed E-state index contributed by atoms with van der Waals surface area (Å²) in [6.07, 6.45) is 6.01. The summed E-state index contributed by atoms with van der Waals surface area (Å²) in [4.78, 5) is 11.3. The molecule has 2 rings (SSSR count). The quantitative estimate of drug-likeness (QED) is 0.542. The summed E-state index contributed by atoms with van der Waals surface area (Å²) in [6.45, 7) is 0.880. The van der Waals surface area contributed by atoms with Crippen LogP contribution < -0.4 is 5.73 Å². The van der Waals surface area contributed by atoms with Gasteiger partial charge in [0.25, 0.3) is 0 Å². The molecule has 16 heavy (non-hydrogen) atoms. The molecule has 2 fully saturated rings. The van der Waals surface area contributed by atoms with Crippen molar-refractivity contribution in [1.29, 1.82) is 0 Å². The SMILES string of the molecule is COC(=O)C(N)=C1CCC2(CCCO2)CC1. The second-order valence-corrected chi connectivity index (χ2v) is 4.64. The molecule has 0 radical (unpaired) electrons. The molecule has 0 aromatic carbocycles. The Hall–Kier alpha value is -1.03. The highest BCUT2D eigenvalue weighted by molar-refractivity contribution is 5.88. The zero-order valence-corrected chi connectivity index (χ0v) is 9.75. The predicted molar refractivity (Wildman–Crippen MR) is 59.6 cm³/mol. The molecule has 0 atom stereocenters. The van der Waals surface area contributed by atoms with Crippen LogP contribution in [-0.2, 0) is 14.3 Å². The summed E-state index contributed by atoms with van der Waals surface area (Å²) in [6, 6.07) is 0. The molecule has 0 bridgehead atoms. The van der Waals surface area contributed by atoms with Gasteiger partial charge in [-0.3, -0.25) is 0 Å². The Morgan fingerprint density at radius 1 is 1.38 bits per heavy atom. The lowest BCUT2D eigenvalue weighted by atomic mass is 9.80. The van der Waals surface area contributed by atoms with Crippen molar-refractivity contribution in [2.75, 3.05) is 13.7 Å². The molecule has 2 N–H and O–H groups in total. The van der Waals surface area contributed by atoms with Gasteiger partial charge in [0, 0.05) is 6.61 Å². The van der Waals surface area contributed by atoms with Gasteiger partial charge in [0.1, 0.15) is 5.70 Å². The Labute approximate surface area is 95.8 Å². The van der Waals surface area contributed by atoms with E-state index in [1.165, 1.54) is 7.11 Å². The fourth-order valence-corrected chi connectivity index (χ4v) is 2.68. The smallest absolute Gasteiger partial charge is 0.353 e. The van der Waals surface area contributed by atoms with Gasteiger partial charge in [0.05, 0.1) is 12.7 Å². The molecule has 1 heterocycles. The maximum atomic E-state index is 11.3. The average molecular weight is 225 g/mol. The third kappa shape index (κ3) is 2.07. The molecule has 0 aromatic rings. The summed E-state index contributed by atoms with van der Waals surface area (Å²) in [5.41, 5.74) is 7.17. The number of nitrogens with two attached hydrogens (primary N) is 1. The molecule has 2 aliphatic rings. The fraction of sp³-hybridized carbons (Fsp3) is 0.750. The first-order valence-corrected chi connectivity index (χ1v) is 5.87. The number of methoxy groups -OCH3 is 1. The van der Waals surface area contributed by atoms with E-state index in [1.54, 1.807) is 0 Å². The average Bonchev–Trinajstić information content (AvgIpc) is 2.77. The van der Waals surface area contributed by atoms with Crippen molar-refractivity contribution in [2.24, 2.45) is 5.73 Å². The standard InChI is InChI=1S/C12H19NO3/c1-15-11(14)10(13)9-3-6-12(7-4-9)5-2-8-16-12/h2-8,13H2,1H3. The van der Waals surface area contributed by atoms with Gasteiger partial charge < -0.3 is 15.2 Å². The zero-order chi connectivity index (χ0) is 11.6. The van der Waals surface area contributed by atoms with Crippen molar-refractivity contribution in [3.63, 3.8) is 0 Å². The minimum Gasteiger partial charge on any atom is -0.464 e. The van der Waals surface area contributed by atoms with Gasteiger partial charge in [-0.25, -0.2) is 4.79 Å². The number of hydrogen-bond donors (Lipinski definition) is 1. The normalized spacial score (nSPS) is 29.4. The molecular weight excluding hydrogens is 206 g/mol. The van der Waals surface area contributed by atoms with Crippen molar-refractivity contribution in [3.05, 3.63) is 11.3 Å². The molecule has 0 aromatic heterocycles. The minimum absolute atomic E-state index is 0.0832. The Morgan fingerprint density at radius 2 is 2.06 bits per heavy atom. The first-order valence-electron chi connectivity index (χ1n) is 5.87. The van der Waals surface area contributed by atoms with E-state index in [0.717, 1.165) is 50.7 Å². The van der Waals surface area contributed by atoms with E-state index in [0.29, 0.717) is 5.70 Å². The highest BCUT2D eigenvalue weighted by Crippen LogP contribution is 2.41. The summed E-state index contributed by atoms with van der Waals surface area (Å²) >= 11 is 0. The summed E-state index contributed by atoms with van der Waals surface area (Å²) in [5.74, 6) is -0.404. The van der Waals surface area contributed by atoms with Gasteiger partial charge in [0.2, 0.25) is 0 Å². The number of allylic oxidation sites excluding steroid dienone is 1. The molecule has 0 unspecified atom stereocenters. The van der Waals surface area contributed by atoms with Crippen LogP contribution in [-0.4, -0.2) is 25.3 Å². The van der Waals surface area contributed by atoms with Gasteiger partial charge >= 0.3 is 5.97 Å². The van der Waals surface area contributed by atoms with Crippen molar-refractivity contribution in [1.82, 2.24) is 0 Å². The fourth-order valence-electron chi connectivity index (χ4n) is 2.68. The largest absolute Gasteiger partial charge is 0.464 e. The molecule has 90 valence electrons. The third-order valence-electron chi connectivity index (χ3n) is 3.74. The van der Waals surface area contributed by atoms with Crippen LogP contribution in [0, 0.1) is 0 Å². The van der Waals surface area contributed by atoms with E-state index in [-0.39, 0.29) is 5.60 Å². The number of hydrogen-bond acceptors (Lipinski definition) is 4. The lowest BCUT2D eigenvalue weighted by Crippen LogP contribution is -2.32. The summed E-state index contributed by atoms with van der Waals surface area (Å²) in [5, 5.41) is 0. The van der Waals surface area contributed by atoms with Crippen molar-refractivity contribution in [3.8, 4) is 0 Å². The van der Waals surface area contributed by atoms with Gasteiger partial charge in [-0.2, -0.15) is 0 Å². The highest BCUT2D eigenvalue weighted by atomic mass is 16.5. The lowest BCUT2D eigenvalue weighted by Gasteiger charge is -2.33. The number of esters is 1. The van der Waals surface area contributed by atoms with Crippen LogP contribution in [0.15, 0.2) is 11.3 Å². The van der Waals surface area contributed by atoms with E-state index in [2.05, 4.69) is 4.74 Å². The first kappa shape index (κ1) is 11.5. The monoisotopic (exact) mass is 225 g/mol. The maximum Gasteiger partial charge on any atom is 0.353 e. The van der Waals surface area contributed by atoms with Crippen LogP contribution in [0.1, 0.15) is 38.5 Å². The molecule has 0 amide bonds. The Kier molecular flexibility index (Phi) is 3.19. The van der Waals surface area contributed by atoms with Gasteiger partial charge in [0.15, 0.2) is 0 Å². The predicted octanol–water partition coefficient (Wildman–Crippen LogP) is 1.50. The van der Waals surface area contributed by atoms with E-state index < -0.39 is 5.97 Å². The topological polar surface area (TPSA) is 61.5 Å². The number of carbonyl (C=O) groups excluding carboxylic acids is 1. The van der Waals surface area contributed by atoms with Crippen LogP contribution in [0.3, 0.4) is 0 Å². The lowest BCUT2D eigenvalue weighted by molar-refractivity contribution is -0.136. The Morgan fingerprint density at radius 3 is 2.56 bits per heavy atom. The minimum atomic E-state index is -0.404. The molecule has 4 nitrogen and oxygen atoms in total. The van der Waals surface area contributed by atoms with E-state index in [9.17, 15) is 4.79 Å². The van der Waals surface area contributed by atoms with Crippen LogP contribution in [0.25, 0.3) is 0 Å². The van der Waals surface area contributed by atoms with E-state index >= 15 is 0 Å². The van der Waals surface area contributed by atoms with Gasteiger partial charge in [-0.1, -0.05) is 0 Å². The van der Waals surface area contributed by atoms with Crippen molar-refractivity contribution >= 4 is 5.97 Å². The number of ether oxygens (including phenoxy) is 2.